The molecule has 1 saturated carbocycles. The molecule has 1 aliphatic carbocycles. The van der Waals surface area contributed by atoms with Crippen LogP contribution in [0.2, 0.25) is 0 Å². The summed E-state index contributed by atoms with van der Waals surface area (Å²) in [7, 11) is 0. The van der Waals surface area contributed by atoms with Gasteiger partial charge < -0.3 is 14.5 Å². The Morgan fingerprint density at radius 1 is 1.73 bits per heavy atom. The smallest absolute Gasteiger partial charge is 0.407 e. The number of fused-ring (bicyclic) bond motifs is 1. The molecule has 2 atom stereocenters. The fourth-order valence-corrected chi connectivity index (χ4v) is 2.46. The molecule has 2 unspecified atom stereocenters. The van der Waals surface area contributed by atoms with E-state index in [0.717, 1.165) is 6.42 Å². The average Bonchev–Trinajstić information content (AvgIpc) is 2.61. The molecule has 2 fully saturated rings. The summed E-state index contributed by atoms with van der Waals surface area (Å²) in [6, 6.07) is 0. The molecule has 1 aromatic rings. The maximum absolute atomic E-state index is 10.8. The van der Waals surface area contributed by atoms with Crippen LogP contribution in [0.25, 0.3) is 0 Å². The van der Waals surface area contributed by atoms with Crippen LogP contribution in [0.4, 0.5) is 4.79 Å². The van der Waals surface area contributed by atoms with Gasteiger partial charge in [-0.15, -0.1) is 0 Å². The number of aromatic nitrogens is 2. The molecule has 6 heteroatoms. The Labute approximate surface area is 85.9 Å². The quantitative estimate of drug-likeness (QED) is 0.733. The van der Waals surface area contributed by atoms with Crippen molar-refractivity contribution in [2.45, 2.75) is 18.8 Å². The SMILES string of the molecule is Cc1noc(C23CC2CN(C(=O)O)C3)n1. The minimum Gasteiger partial charge on any atom is -0.465 e. The van der Waals surface area contributed by atoms with Gasteiger partial charge in [-0.1, -0.05) is 5.16 Å². The number of amides is 1. The number of hydrogen-bond acceptors (Lipinski definition) is 4. The lowest BCUT2D eigenvalue weighted by atomic mass is 10.1. The summed E-state index contributed by atoms with van der Waals surface area (Å²) >= 11 is 0. The fraction of sp³-hybridized carbons (Fsp3) is 0.667. The summed E-state index contributed by atoms with van der Waals surface area (Å²) in [6.45, 7) is 2.86. The summed E-state index contributed by atoms with van der Waals surface area (Å²) in [6.07, 6.45) is 0.108. The van der Waals surface area contributed by atoms with E-state index in [1.807, 2.05) is 0 Å². The summed E-state index contributed by atoms with van der Waals surface area (Å²) in [5.74, 6) is 1.58. The van der Waals surface area contributed by atoms with Gasteiger partial charge in [-0.25, -0.2) is 4.79 Å². The third-order valence-electron chi connectivity index (χ3n) is 3.37. The number of piperidine rings is 1. The summed E-state index contributed by atoms with van der Waals surface area (Å²) in [5, 5.41) is 12.6. The Hall–Kier alpha value is -1.59. The molecule has 80 valence electrons. The number of rotatable bonds is 1. The Kier molecular flexibility index (Phi) is 1.45. The minimum atomic E-state index is -0.863. The lowest BCUT2D eigenvalue weighted by Gasteiger charge is -2.15. The number of aryl methyl sites for hydroxylation is 1. The molecule has 1 amide bonds. The highest BCUT2D eigenvalue weighted by atomic mass is 16.5. The summed E-state index contributed by atoms with van der Waals surface area (Å²) in [5.41, 5.74) is -0.167. The number of carboxylic acid groups (broad SMARTS) is 1. The van der Waals surface area contributed by atoms with Crippen LogP contribution < -0.4 is 0 Å². The van der Waals surface area contributed by atoms with E-state index in [1.54, 1.807) is 6.92 Å². The van der Waals surface area contributed by atoms with Crippen molar-refractivity contribution in [2.24, 2.45) is 5.92 Å². The van der Waals surface area contributed by atoms with E-state index in [0.29, 0.717) is 30.7 Å². The highest BCUT2D eigenvalue weighted by Gasteiger charge is 2.65. The van der Waals surface area contributed by atoms with E-state index in [9.17, 15) is 4.79 Å². The molecule has 1 aliphatic heterocycles. The summed E-state index contributed by atoms with van der Waals surface area (Å²) < 4.78 is 5.14. The molecule has 0 spiro atoms. The van der Waals surface area contributed by atoms with Crippen LogP contribution in [-0.4, -0.2) is 39.3 Å². The molecule has 2 heterocycles. The predicted molar refractivity (Wildman–Crippen MR) is 48.4 cm³/mol. The van der Waals surface area contributed by atoms with Gasteiger partial charge in [0.25, 0.3) is 0 Å². The van der Waals surface area contributed by atoms with E-state index in [-0.39, 0.29) is 5.41 Å². The first-order chi connectivity index (χ1) is 7.12. The molecule has 0 radical (unpaired) electrons. The number of hydrogen-bond donors (Lipinski definition) is 1. The second-order valence-electron chi connectivity index (χ2n) is 4.37. The van der Waals surface area contributed by atoms with Crippen molar-refractivity contribution < 1.29 is 14.4 Å². The van der Waals surface area contributed by atoms with Gasteiger partial charge in [-0.2, -0.15) is 4.98 Å². The topological polar surface area (TPSA) is 79.5 Å². The normalized spacial score (nSPS) is 32.9. The molecule has 0 aromatic carbocycles. The van der Waals surface area contributed by atoms with Crippen molar-refractivity contribution in [3.05, 3.63) is 11.7 Å². The van der Waals surface area contributed by atoms with E-state index in [1.165, 1.54) is 4.90 Å². The number of carbonyl (C=O) groups is 1. The first-order valence-electron chi connectivity index (χ1n) is 4.90. The maximum atomic E-state index is 10.8. The average molecular weight is 209 g/mol. The Bertz CT molecular complexity index is 430. The van der Waals surface area contributed by atoms with Crippen LogP contribution in [0, 0.1) is 12.8 Å². The van der Waals surface area contributed by atoms with Gasteiger partial charge in [0.15, 0.2) is 5.82 Å². The van der Waals surface area contributed by atoms with E-state index in [2.05, 4.69) is 10.1 Å². The molecule has 15 heavy (non-hydrogen) atoms. The monoisotopic (exact) mass is 209 g/mol. The zero-order chi connectivity index (χ0) is 10.6. The highest BCUT2D eigenvalue weighted by molar-refractivity contribution is 5.66. The van der Waals surface area contributed by atoms with Crippen molar-refractivity contribution in [3.63, 3.8) is 0 Å². The van der Waals surface area contributed by atoms with E-state index >= 15 is 0 Å². The molecule has 0 bridgehead atoms. The van der Waals surface area contributed by atoms with Crippen LogP contribution in [0.3, 0.4) is 0 Å². The first-order valence-corrected chi connectivity index (χ1v) is 4.90. The fourth-order valence-electron chi connectivity index (χ4n) is 2.46. The molecule has 6 nitrogen and oxygen atoms in total. The van der Waals surface area contributed by atoms with Crippen molar-refractivity contribution in [1.82, 2.24) is 15.0 Å². The Morgan fingerprint density at radius 2 is 2.53 bits per heavy atom. The second kappa shape index (κ2) is 2.50. The van der Waals surface area contributed by atoms with Crippen LogP contribution in [-0.2, 0) is 5.41 Å². The van der Waals surface area contributed by atoms with Gasteiger partial charge in [0.05, 0.1) is 5.41 Å². The van der Waals surface area contributed by atoms with Gasteiger partial charge in [-0.05, 0) is 19.3 Å². The van der Waals surface area contributed by atoms with Crippen molar-refractivity contribution >= 4 is 6.09 Å². The molecule has 2 aliphatic rings. The van der Waals surface area contributed by atoms with Crippen LogP contribution in [0.15, 0.2) is 4.52 Å². The lowest BCUT2D eigenvalue weighted by molar-refractivity contribution is 0.148. The number of likely N-dealkylation sites (tertiary alicyclic amines) is 1. The van der Waals surface area contributed by atoms with Crippen LogP contribution >= 0.6 is 0 Å². The van der Waals surface area contributed by atoms with E-state index in [4.69, 9.17) is 9.63 Å². The maximum Gasteiger partial charge on any atom is 0.407 e. The van der Waals surface area contributed by atoms with Crippen LogP contribution in [0.1, 0.15) is 18.1 Å². The third-order valence-corrected chi connectivity index (χ3v) is 3.37. The van der Waals surface area contributed by atoms with Crippen molar-refractivity contribution in [1.29, 1.82) is 0 Å². The lowest BCUT2D eigenvalue weighted by Crippen LogP contribution is -2.31. The largest absolute Gasteiger partial charge is 0.465 e. The second-order valence-corrected chi connectivity index (χ2v) is 4.37. The van der Waals surface area contributed by atoms with Crippen LogP contribution in [0.5, 0.6) is 0 Å². The minimum absolute atomic E-state index is 0.167. The van der Waals surface area contributed by atoms with Gasteiger partial charge >= 0.3 is 6.09 Å². The summed E-state index contributed by atoms with van der Waals surface area (Å²) in [4.78, 5) is 16.4. The van der Waals surface area contributed by atoms with E-state index < -0.39 is 6.09 Å². The predicted octanol–water partition coefficient (Wildman–Crippen LogP) is 0.629. The molecule has 1 saturated heterocycles. The molecular weight excluding hydrogens is 198 g/mol. The molecule has 1 N–H and O–H groups in total. The van der Waals surface area contributed by atoms with Gasteiger partial charge in [0, 0.05) is 13.1 Å². The van der Waals surface area contributed by atoms with Gasteiger partial charge in [-0.3, -0.25) is 0 Å². The first kappa shape index (κ1) is 8.70. The molecule has 3 rings (SSSR count). The van der Waals surface area contributed by atoms with Crippen molar-refractivity contribution in [2.75, 3.05) is 13.1 Å². The Balaban J connectivity index is 1.87. The third kappa shape index (κ3) is 1.07. The van der Waals surface area contributed by atoms with Gasteiger partial charge in [0.2, 0.25) is 5.89 Å². The standard InChI is InChI=1S/C9H11N3O3/c1-5-10-7(15-11-5)9-2-6(9)3-12(4-9)8(13)14/h6H,2-4H2,1H3,(H,13,14). The van der Waals surface area contributed by atoms with Crippen molar-refractivity contribution in [3.8, 4) is 0 Å². The zero-order valence-electron chi connectivity index (χ0n) is 8.30. The highest BCUT2D eigenvalue weighted by Crippen LogP contribution is 2.58. The Morgan fingerprint density at radius 3 is 3.07 bits per heavy atom. The molecule has 1 aromatic heterocycles. The number of nitrogens with zero attached hydrogens (tertiary/aromatic N) is 3. The zero-order valence-corrected chi connectivity index (χ0v) is 8.30. The van der Waals surface area contributed by atoms with Gasteiger partial charge in [0.1, 0.15) is 0 Å². The molecular formula is C9H11N3O3.